The molecular weight excluding hydrogens is 280 g/mol. The highest BCUT2D eigenvalue weighted by Crippen LogP contribution is 2.27. The quantitative estimate of drug-likeness (QED) is 0.452. The summed E-state index contributed by atoms with van der Waals surface area (Å²) in [5.41, 5.74) is 5.20. The first-order valence-corrected chi connectivity index (χ1v) is 7.98. The molecule has 2 heteroatoms. The molecule has 0 aliphatic rings. The summed E-state index contributed by atoms with van der Waals surface area (Å²) in [5.74, 6) is 0.409. The van der Waals surface area contributed by atoms with Crippen molar-refractivity contribution in [2.24, 2.45) is 0 Å². The fraction of sp³-hybridized carbons (Fsp3) is 0.143. The minimum absolute atomic E-state index is 0.409. The molecule has 4 aromatic rings. The summed E-state index contributed by atoms with van der Waals surface area (Å²) < 4.78 is 0. The Balaban J connectivity index is 2.01. The van der Waals surface area contributed by atoms with Gasteiger partial charge < -0.3 is 0 Å². The summed E-state index contributed by atoms with van der Waals surface area (Å²) in [4.78, 5) is 9.79. The van der Waals surface area contributed by atoms with Crippen molar-refractivity contribution in [2.45, 2.75) is 19.8 Å². The van der Waals surface area contributed by atoms with Gasteiger partial charge in [0.15, 0.2) is 0 Å². The van der Waals surface area contributed by atoms with E-state index < -0.39 is 0 Å². The van der Waals surface area contributed by atoms with Crippen molar-refractivity contribution < 1.29 is 0 Å². The van der Waals surface area contributed by atoms with Crippen LogP contribution in [0.2, 0.25) is 0 Å². The molecule has 0 amide bonds. The molecule has 2 aromatic carbocycles. The standard InChI is InChI=1S/C21H18N2/c1-14(2)18-12-10-16-8-9-17-11-13-19(15-6-4-3-5-7-15)23-21(17)20(16)22-18/h3-14H,1-2H3. The zero-order valence-corrected chi connectivity index (χ0v) is 13.3. The molecule has 0 N–H and O–H groups in total. The lowest BCUT2D eigenvalue weighted by atomic mass is 10.0. The van der Waals surface area contributed by atoms with E-state index in [0.717, 1.165) is 38.8 Å². The van der Waals surface area contributed by atoms with Crippen LogP contribution < -0.4 is 0 Å². The van der Waals surface area contributed by atoms with Gasteiger partial charge in [0.2, 0.25) is 0 Å². The van der Waals surface area contributed by atoms with Crippen molar-refractivity contribution in [2.75, 3.05) is 0 Å². The van der Waals surface area contributed by atoms with Crippen molar-refractivity contribution in [3.8, 4) is 11.3 Å². The number of nitrogens with zero attached hydrogens (tertiary/aromatic N) is 2. The third-order valence-corrected chi connectivity index (χ3v) is 4.20. The van der Waals surface area contributed by atoms with Gasteiger partial charge in [-0.1, -0.05) is 68.4 Å². The van der Waals surface area contributed by atoms with Crippen molar-refractivity contribution in [1.82, 2.24) is 9.97 Å². The number of hydrogen-bond donors (Lipinski definition) is 0. The summed E-state index contributed by atoms with van der Waals surface area (Å²) in [6.45, 7) is 4.34. The Morgan fingerprint density at radius 3 is 1.96 bits per heavy atom. The Kier molecular flexibility index (Phi) is 3.30. The Hall–Kier alpha value is -2.74. The van der Waals surface area contributed by atoms with E-state index in [1.165, 1.54) is 0 Å². The number of fused-ring (bicyclic) bond motifs is 3. The molecule has 0 saturated heterocycles. The van der Waals surface area contributed by atoms with Crippen LogP contribution in [0, 0.1) is 0 Å². The third kappa shape index (κ3) is 2.46. The number of pyridine rings is 2. The second-order valence-corrected chi connectivity index (χ2v) is 6.16. The average Bonchev–Trinajstić information content (AvgIpc) is 2.61. The minimum atomic E-state index is 0.409. The van der Waals surface area contributed by atoms with Gasteiger partial charge in [-0.25, -0.2) is 4.98 Å². The molecule has 0 unspecified atom stereocenters. The van der Waals surface area contributed by atoms with Gasteiger partial charge in [-0.3, -0.25) is 4.98 Å². The predicted molar refractivity (Wildman–Crippen MR) is 96.6 cm³/mol. The fourth-order valence-corrected chi connectivity index (χ4v) is 2.87. The molecule has 0 bridgehead atoms. The predicted octanol–water partition coefficient (Wildman–Crippen LogP) is 5.57. The maximum Gasteiger partial charge on any atom is 0.0972 e. The SMILES string of the molecule is CC(C)c1ccc2ccc3ccc(-c4ccccc4)nc3c2n1. The van der Waals surface area contributed by atoms with Gasteiger partial charge in [-0.05, 0) is 18.1 Å². The van der Waals surface area contributed by atoms with E-state index in [1.807, 2.05) is 18.2 Å². The van der Waals surface area contributed by atoms with Gasteiger partial charge in [0.25, 0.3) is 0 Å². The van der Waals surface area contributed by atoms with Crippen molar-refractivity contribution in [3.63, 3.8) is 0 Å². The van der Waals surface area contributed by atoms with Gasteiger partial charge >= 0.3 is 0 Å². The summed E-state index contributed by atoms with van der Waals surface area (Å²) in [6, 6.07) is 23.0. The van der Waals surface area contributed by atoms with Crippen molar-refractivity contribution >= 4 is 21.8 Å². The molecule has 0 atom stereocenters. The van der Waals surface area contributed by atoms with E-state index in [4.69, 9.17) is 9.97 Å². The smallest absolute Gasteiger partial charge is 0.0972 e. The molecule has 2 aromatic heterocycles. The van der Waals surface area contributed by atoms with Gasteiger partial charge in [0.1, 0.15) is 0 Å². The molecule has 112 valence electrons. The van der Waals surface area contributed by atoms with Crippen LogP contribution in [0.5, 0.6) is 0 Å². The van der Waals surface area contributed by atoms with E-state index in [0.29, 0.717) is 5.92 Å². The number of benzene rings is 2. The van der Waals surface area contributed by atoms with Crippen LogP contribution in [-0.4, -0.2) is 9.97 Å². The zero-order chi connectivity index (χ0) is 15.8. The van der Waals surface area contributed by atoms with E-state index in [2.05, 4.69) is 62.4 Å². The van der Waals surface area contributed by atoms with E-state index in [1.54, 1.807) is 0 Å². The number of aromatic nitrogens is 2. The van der Waals surface area contributed by atoms with Crippen molar-refractivity contribution in [3.05, 3.63) is 72.4 Å². The molecule has 0 aliphatic heterocycles. The molecule has 0 spiro atoms. The third-order valence-electron chi connectivity index (χ3n) is 4.20. The maximum absolute atomic E-state index is 4.91. The lowest BCUT2D eigenvalue weighted by molar-refractivity contribution is 0.830. The molecule has 0 fully saturated rings. The summed E-state index contributed by atoms with van der Waals surface area (Å²) in [7, 11) is 0. The fourth-order valence-electron chi connectivity index (χ4n) is 2.87. The summed E-state index contributed by atoms with van der Waals surface area (Å²) >= 11 is 0. The van der Waals surface area contributed by atoms with Crippen LogP contribution in [-0.2, 0) is 0 Å². The van der Waals surface area contributed by atoms with E-state index >= 15 is 0 Å². The lowest BCUT2D eigenvalue weighted by Gasteiger charge is -2.09. The number of rotatable bonds is 2. The molecule has 2 heterocycles. The van der Waals surface area contributed by atoms with Crippen LogP contribution in [0.15, 0.2) is 66.7 Å². The van der Waals surface area contributed by atoms with Gasteiger partial charge in [-0.15, -0.1) is 0 Å². The summed E-state index contributed by atoms with van der Waals surface area (Å²) in [5, 5.41) is 2.27. The Labute approximate surface area is 135 Å². The van der Waals surface area contributed by atoms with Crippen LogP contribution in [0.1, 0.15) is 25.5 Å². The Morgan fingerprint density at radius 2 is 1.26 bits per heavy atom. The average molecular weight is 298 g/mol. The molecule has 23 heavy (non-hydrogen) atoms. The van der Waals surface area contributed by atoms with E-state index in [9.17, 15) is 0 Å². The van der Waals surface area contributed by atoms with Crippen LogP contribution >= 0.6 is 0 Å². The highest BCUT2D eigenvalue weighted by atomic mass is 14.8. The first-order valence-electron chi connectivity index (χ1n) is 7.98. The van der Waals surface area contributed by atoms with E-state index in [-0.39, 0.29) is 0 Å². The molecule has 0 saturated carbocycles. The normalized spacial score (nSPS) is 11.4. The molecule has 4 rings (SSSR count). The maximum atomic E-state index is 4.91. The van der Waals surface area contributed by atoms with Crippen LogP contribution in [0.25, 0.3) is 33.1 Å². The summed E-state index contributed by atoms with van der Waals surface area (Å²) in [6.07, 6.45) is 0. The second kappa shape index (κ2) is 5.47. The van der Waals surface area contributed by atoms with Crippen LogP contribution in [0.3, 0.4) is 0 Å². The molecule has 0 radical (unpaired) electrons. The topological polar surface area (TPSA) is 25.8 Å². The lowest BCUT2D eigenvalue weighted by Crippen LogP contribution is -1.94. The first kappa shape index (κ1) is 13.9. The molecular formula is C21H18N2. The van der Waals surface area contributed by atoms with Crippen molar-refractivity contribution in [1.29, 1.82) is 0 Å². The van der Waals surface area contributed by atoms with Gasteiger partial charge in [-0.2, -0.15) is 0 Å². The molecule has 2 nitrogen and oxygen atoms in total. The second-order valence-electron chi connectivity index (χ2n) is 6.16. The minimum Gasteiger partial charge on any atom is -0.250 e. The Morgan fingerprint density at radius 1 is 0.652 bits per heavy atom. The first-order chi connectivity index (χ1) is 11.2. The van der Waals surface area contributed by atoms with Gasteiger partial charge in [0.05, 0.1) is 16.7 Å². The van der Waals surface area contributed by atoms with Gasteiger partial charge in [0, 0.05) is 22.0 Å². The zero-order valence-electron chi connectivity index (χ0n) is 13.3. The molecule has 0 aliphatic carbocycles. The largest absolute Gasteiger partial charge is 0.250 e. The number of hydrogen-bond acceptors (Lipinski definition) is 2. The highest BCUT2D eigenvalue weighted by molar-refractivity contribution is 6.03. The Bertz CT molecular complexity index is 988. The van der Waals surface area contributed by atoms with Crippen LogP contribution in [0.4, 0.5) is 0 Å². The highest BCUT2D eigenvalue weighted by Gasteiger charge is 2.08. The monoisotopic (exact) mass is 298 g/mol.